The molecule has 0 bridgehead atoms. The van der Waals surface area contributed by atoms with Crippen molar-refractivity contribution in [1.82, 2.24) is 10.6 Å². The van der Waals surface area contributed by atoms with Gasteiger partial charge in [-0.25, -0.2) is 4.79 Å². The molecule has 0 aliphatic heterocycles. The van der Waals surface area contributed by atoms with Crippen LogP contribution in [0.2, 0.25) is 0 Å². The predicted octanol–water partition coefficient (Wildman–Crippen LogP) is 1.20. The first kappa shape index (κ1) is 12.8. The highest BCUT2D eigenvalue weighted by Gasteiger charge is 2.20. The quantitative estimate of drug-likeness (QED) is 0.573. The van der Waals surface area contributed by atoms with Crippen LogP contribution >= 0.6 is 0 Å². The summed E-state index contributed by atoms with van der Waals surface area (Å²) < 4.78 is 0. The second-order valence-corrected chi connectivity index (χ2v) is 4.46. The van der Waals surface area contributed by atoms with Gasteiger partial charge in [0, 0.05) is 13.1 Å². The maximum Gasteiger partial charge on any atom is 0.314 e. The number of urea groups is 1. The van der Waals surface area contributed by atoms with Crippen molar-refractivity contribution in [2.75, 3.05) is 13.1 Å². The molecular formula is C11H20N2O3. The number of carbonyl (C=O) groups excluding carboxylic acids is 1. The van der Waals surface area contributed by atoms with Crippen LogP contribution in [0.5, 0.6) is 0 Å². The van der Waals surface area contributed by atoms with E-state index < -0.39 is 11.9 Å². The molecule has 5 nitrogen and oxygen atoms in total. The molecule has 1 saturated carbocycles. The maximum atomic E-state index is 11.2. The summed E-state index contributed by atoms with van der Waals surface area (Å²) in [6, 6.07) is -0.274. The third kappa shape index (κ3) is 5.58. The Hall–Kier alpha value is -1.26. The van der Waals surface area contributed by atoms with Crippen molar-refractivity contribution >= 4 is 12.0 Å². The van der Waals surface area contributed by atoms with Crippen LogP contribution < -0.4 is 10.6 Å². The van der Waals surface area contributed by atoms with Crippen molar-refractivity contribution in [3.8, 4) is 0 Å². The minimum absolute atomic E-state index is 0.170. The Morgan fingerprint density at radius 3 is 2.62 bits per heavy atom. The average Bonchev–Trinajstić information content (AvgIpc) is 3.04. The lowest BCUT2D eigenvalue weighted by atomic mass is 10.2. The highest BCUT2D eigenvalue weighted by molar-refractivity contribution is 5.75. The van der Waals surface area contributed by atoms with Gasteiger partial charge < -0.3 is 15.7 Å². The second kappa shape index (κ2) is 6.35. The van der Waals surface area contributed by atoms with E-state index in [2.05, 4.69) is 10.6 Å². The van der Waals surface area contributed by atoms with E-state index in [9.17, 15) is 9.59 Å². The minimum Gasteiger partial charge on any atom is -0.481 e. The molecule has 0 aromatic heterocycles. The van der Waals surface area contributed by atoms with Gasteiger partial charge in [-0.1, -0.05) is 19.8 Å². The van der Waals surface area contributed by atoms with Crippen LogP contribution in [0.4, 0.5) is 4.79 Å². The number of nitrogens with one attached hydrogen (secondary N) is 2. The number of carboxylic acids is 1. The van der Waals surface area contributed by atoms with Gasteiger partial charge in [-0.3, -0.25) is 4.79 Å². The number of carboxylic acid groups (broad SMARTS) is 1. The topological polar surface area (TPSA) is 78.4 Å². The molecule has 1 aliphatic rings. The number of carbonyl (C=O) groups is 2. The lowest BCUT2D eigenvalue weighted by Gasteiger charge is -2.09. The fraction of sp³-hybridized carbons (Fsp3) is 0.818. The molecule has 92 valence electrons. The molecular weight excluding hydrogens is 208 g/mol. The number of amides is 2. The third-order valence-corrected chi connectivity index (χ3v) is 2.76. The minimum atomic E-state index is -0.894. The van der Waals surface area contributed by atoms with E-state index in [0.29, 0.717) is 6.54 Å². The van der Waals surface area contributed by atoms with Gasteiger partial charge >= 0.3 is 12.0 Å². The van der Waals surface area contributed by atoms with Crippen LogP contribution in [0.1, 0.15) is 32.6 Å². The fourth-order valence-electron chi connectivity index (χ4n) is 1.39. The number of hydrogen-bond acceptors (Lipinski definition) is 2. The summed E-state index contributed by atoms with van der Waals surface area (Å²) in [5.41, 5.74) is 0. The Labute approximate surface area is 95.6 Å². The van der Waals surface area contributed by atoms with E-state index in [1.54, 1.807) is 6.92 Å². The lowest BCUT2D eigenvalue weighted by Crippen LogP contribution is -2.39. The normalized spacial score (nSPS) is 16.6. The van der Waals surface area contributed by atoms with Gasteiger partial charge in [0.05, 0.1) is 5.92 Å². The zero-order chi connectivity index (χ0) is 12.0. The van der Waals surface area contributed by atoms with E-state index in [1.807, 2.05) is 0 Å². The van der Waals surface area contributed by atoms with Crippen molar-refractivity contribution in [2.24, 2.45) is 11.8 Å². The van der Waals surface area contributed by atoms with E-state index in [4.69, 9.17) is 5.11 Å². The predicted molar refractivity (Wildman–Crippen MR) is 60.2 cm³/mol. The van der Waals surface area contributed by atoms with Crippen LogP contribution in [0.15, 0.2) is 0 Å². The molecule has 0 saturated heterocycles. The molecule has 0 spiro atoms. The van der Waals surface area contributed by atoms with Crippen LogP contribution in [-0.4, -0.2) is 30.2 Å². The smallest absolute Gasteiger partial charge is 0.314 e. The summed E-state index contributed by atoms with van der Waals surface area (Å²) >= 11 is 0. The van der Waals surface area contributed by atoms with Gasteiger partial charge in [-0.05, 0) is 18.8 Å². The highest BCUT2D eigenvalue weighted by atomic mass is 16.4. The molecule has 0 aromatic rings. The van der Waals surface area contributed by atoms with E-state index in [0.717, 1.165) is 12.3 Å². The van der Waals surface area contributed by atoms with Gasteiger partial charge in [0.15, 0.2) is 0 Å². The Balaban J connectivity index is 1.94. The number of rotatable bonds is 7. The summed E-state index contributed by atoms with van der Waals surface area (Å²) in [6.45, 7) is 2.41. The van der Waals surface area contributed by atoms with Crippen LogP contribution in [0.3, 0.4) is 0 Å². The molecule has 5 heteroatoms. The third-order valence-electron chi connectivity index (χ3n) is 2.76. The zero-order valence-electron chi connectivity index (χ0n) is 9.66. The van der Waals surface area contributed by atoms with Crippen LogP contribution in [0.25, 0.3) is 0 Å². The molecule has 2 amide bonds. The molecule has 1 rings (SSSR count). The summed E-state index contributed by atoms with van der Waals surface area (Å²) in [5, 5.41) is 13.9. The van der Waals surface area contributed by atoms with Gasteiger partial charge in [-0.2, -0.15) is 0 Å². The molecule has 1 fully saturated rings. The van der Waals surface area contributed by atoms with Gasteiger partial charge in [0.1, 0.15) is 0 Å². The first-order valence-electron chi connectivity index (χ1n) is 5.84. The van der Waals surface area contributed by atoms with Crippen molar-refractivity contribution in [3.05, 3.63) is 0 Å². The molecule has 3 N–H and O–H groups in total. The average molecular weight is 228 g/mol. The lowest BCUT2D eigenvalue weighted by molar-refractivity contribution is -0.140. The molecule has 16 heavy (non-hydrogen) atoms. The van der Waals surface area contributed by atoms with E-state index in [1.165, 1.54) is 19.3 Å². The summed E-state index contributed by atoms with van der Waals surface area (Å²) in [5.74, 6) is -0.553. The van der Waals surface area contributed by atoms with Gasteiger partial charge in [0.25, 0.3) is 0 Å². The Morgan fingerprint density at radius 1 is 1.38 bits per heavy atom. The fourth-order valence-corrected chi connectivity index (χ4v) is 1.39. The SMILES string of the molecule is CC(CNC(=O)NCCCC1CC1)C(=O)O. The highest BCUT2D eigenvalue weighted by Crippen LogP contribution is 2.33. The standard InChI is InChI=1S/C11H20N2O3/c1-8(10(14)15)7-13-11(16)12-6-2-3-9-4-5-9/h8-9H,2-7H2,1H3,(H,14,15)(H2,12,13,16). The number of aliphatic carboxylic acids is 1. The largest absolute Gasteiger partial charge is 0.481 e. The maximum absolute atomic E-state index is 11.2. The van der Waals surface area contributed by atoms with Gasteiger partial charge in [-0.15, -0.1) is 0 Å². The summed E-state index contributed by atoms with van der Waals surface area (Å²) in [7, 11) is 0. The molecule has 1 atom stereocenters. The van der Waals surface area contributed by atoms with Crippen LogP contribution in [0, 0.1) is 11.8 Å². The summed E-state index contributed by atoms with van der Waals surface area (Å²) in [6.07, 6.45) is 4.86. The van der Waals surface area contributed by atoms with Crippen molar-refractivity contribution in [1.29, 1.82) is 0 Å². The molecule has 0 aromatic carbocycles. The summed E-state index contributed by atoms with van der Waals surface area (Å²) in [4.78, 5) is 21.7. The molecule has 1 aliphatic carbocycles. The Morgan fingerprint density at radius 2 is 2.06 bits per heavy atom. The first-order valence-corrected chi connectivity index (χ1v) is 5.84. The number of hydrogen-bond donors (Lipinski definition) is 3. The molecule has 1 unspecified atom stereocenters. The van der Waals surface area contributed by atoms with Crippen molar-refractivity contribution < 1.29 is 14.7 Å². The Kier molecular flexibility index (Phi) is 5.08. The van der Waals surface area contributed by atoms with Crippen molar-refractivity contribution in [3.63, 3.8) is 0 Å². The Bertz CT molecular complexity index is 252. The van der Waals surface area contributed by atoms with Crippen molar-refractivity contribution in [2.45, 2.75) is 32.6 Å². The zero-order valence-corrected chi connectivity index (χ0v) is 9.66. The molecule has 0 heterocycles. The van der Waals surface area contributed by atoms with Gasteiger partial charge in [0.2, 0.25) is 0 Å². The monoisotopic (exact) mass is 228 g/mol. The first-order chi connectivity index (χ1) is 7.59. The van der Waals surface area contributed by atoms with E-state index >= 15 is 0 Å². The van der Waals surface area contributed by atoms with E-state index in [-0.39, 0.29) is 12.6 Å². The van der Waals surface area contributed by atoms with Crippen LogP contribution in [-0.2, 0) is 4.79 Å². The molecule has 0 radical (unpaired) electrons. The second-order valence-electron chi connectivity index (χ2n) is 4.46.